The van der Waals surface area contributed by atoms with Crippen molar-refractivity contribution in [1.29, 1.82) is 0 Å². The topological polar surface area (TPSA) is 26.0 Å². The quantitative estimate of drug-likeness (QED) is 0.832. The van der Waals surface area contributed by atoms with Gasteiger partial charge in [0.25, 0.3) is 0 Å². The summed E-state index contributed by atoms with van der Waals surface area (Å²) in [5.74, 6) is 0. The van der Waals surface area contributed by atoms with Crippen LogP contribution in [0.1, 0.15) is 47.2 Å². The standard InChI is InChI=1S/C19H25N/c1-6-18(20)16-7-9-17(10-8-16)19-14(4)12(2)11-13(3)15(19)5/h7-11,18H,6,20H2,1-5H3. The summed E-state index contributed by atoms with van der Waals surface area (Å²) in [6.45, 7) is 10.9. The molecule has 0 saturated carbocycles. The molecule has 1 heteroatoms. The van der Waals surface area contributed by atoms with E-state index in [0.29, 0.717) is 0 Å². The highest BCUT2D eigenvalue weighted by molar-refractivity contribution is 5.73. The van der Waals surface area contributed by atoms with Gasteiger partial charge in [0.2, 0.25) is 0 Å². The van der Waals surface area contributed by atoms with Crippen molar-refractivity contribution in [3.8, 4) is 11.1 Å². The highest BCUT2D eigenvalue weighted by Gasteiger charge is 2.11. The van der Waals surface area contributed by atoms with Crippen LogP contribution in [0.25, 0.3) is 11.1 Å². The Hall–Kier alpha value is -1.60. The van der Waals surface area contributed by atoms with Crippen LogP contribution >= 0.6 is 0 Å². The summed E-state index contributed by atoms with van der Waals surface area (Å²) >= 11 is 0. The van der Waals surface area contributed by atoms with Crippen LogP contribution in [-0.4, -0.2) is 0 Å². The maximum atomic E-state index is 6.09. The number of benzene rings is 2. The highest BCUT2D eigenvalue weighted by Crippen LogP contribution is 2.32. The monoisotopic (exact) mass is 267 g/mol. The van der Waals surface area contributed by atoms with Crippen LogP contribution in [-0.2, 0) is 0 Å². The van der Waals surface area contributed by atoms with Crippen LogP contribution in [0.15, 0.2) is 30.3 Å². The molecule has 0 spiro atoms. The molecule has 2 rings (SSSR count). The van der Waals surface area contributed by atoms with E-state index in [4.69, 9.17) is 5.73 Å². The number of hydrogen-bond donors (Lipinski definition) is 1. The first-order chi connectivity index (χ1) is 9.45. The third kappa shape index (κ3) is 2.64. The van der Waals surface area contributed by atoms with Gasteiger partial charge < -0.3 is 5.73 Å². The van der Waals surface area contributed by atoms with Gasteiger partial charge in [0.1, 0.15) is 0 Å². The van der Waals surface area contributed by atoms with E-state index in [1.165, 1.54) is 38.9 Å². The molecule has 106 valence electrons. The zero-order chi connectivity index (χ0) is 14.9. The molecule has 2 N–H and O–H groups in total. The second kappa shape index (κ2) is 5.80. The van der Waals surface area contributed by atoms with Crippen LogP contribution in [0.2, 0.25) is 0 Å². The summed E-state index contributed by atoms with van der Waals surface area (Å²) in [5, 5.41) is 0. The van der Waals surface area contributed by atoms with E-state index in [9.17, 15) is 0 Å². The number of rotatable bonds is 3. The van der Waals surface area contributed by atoms with E-state index < -0.39 is 0 Å². The average molecular weight is 267 g/mol. The molecule has 0 heterocycles. The molecule has 0 saturated heterocycles. The Bertz CT molecular complexity index is 582. The molecule has 2 aromatic rings. The average Bonchev–Trinajstić information content (AvgIpc) is 2.45. The predicted molar refractivity (Wildman–Crippen MR) is 88.0 cm³/mol. The fraction of sp³-hybridized carbons (Fsp3) is 0.368. The lowest BCUT2D eigenvalue weighted by molar-refractivity contribution is 0.699. The summed E-state index contributed by atoms with van der Waals surface area (Å²) in [7, 11) is 0. The maximum Gasteiger partial charge on any atom is 0.0292 e. The van der Waals surface area contributed by atoms with E-state index in [-0.39, 0.29) is 6.04 Å². The van der Waals surface area contributed by atoms with E-state index in [2.05, 4.69) is 65.0 Å². The van der Waals surface area contributed by atoms with Crippen molar-refractivity contribution in [2.75, 3.05) is 0 Å². The minimum atomic E-state index is 0.144. The molecule has 0 aliphatic heterocycles. The summed E-state index contributed by atoms with van der Waals surface area (Å²) in [6, 6.07) is 11.2. The molecule has 0 bridgehead atoms. The Morgan fingerprint density at radius 1 is 0.900 bits per heavy atom. The maximum absolute atomic E-state index is 6.09. The Labute approximate surface area is 122 Å². The Balaban J connectivity index is 2.52. The summed E-state index contributed by atoms with van der Waals surface area (Å²) in [6.07, 6.45) is 0.973. The first kappa shape index (κ1) is 14.8. The van der Waals surface area contributed by atoms with Gasteiger partial charge in [0.05, 0.1) is 0 Å². The molecule has 0 aliphatic carbocycles. The zero-order valence-corrected chi connectivity index (χ0v) is 13.2. The third-order valence-corrected chi connectivity index (χ3v) is 4.43. The first-order valence-corrected chi connectivity index (χ1v) is 7.39. The molecule has 1 unspecified atom stereocenters. The fourth-order valence-electron chi connectivity index (χ4n) is 2.78. The molecule has 0 fully saturated rings. The fourth-order valence-corrected chi connectivity index (χ4v) is 2.78. The minimum absolute atomic E-state index is 0.144. The highest BCUT2D eigenvalue weighted by atomic mass is 14.6. The van der Waals surface area contributed by atoms with Gasteiger partial charge in [-0.2, -0.15) is 0 Å². The minimum Gasteiger partial charge on any atom is -0.324 e. The lowest BCUT2D eigenvalue weighted by atomic mass is 9.89. The van der Waals surface area contributed by atoms with Gasteiger partial charge in [-0.1, -0.05) is 37.3 Å². The van der Waals surface area contributed by atoms with Gasteiger partial charge in [-0.3, -0.25) is 0 Å². The molecule has 20 heavy (non-hydrogen) atoms. The Morgan fingerprint density at radius 2 is 1.40 bits per heavy atom. The number of hydrogen-bond acceptors (Lipinski definition) is 1. The van der Waals surface area contributed by atoms with Crippen LogP contribution in [0.4, 0.5) is 0 Å². The van der Waals surface area contributed by atoms with E-state index in [0.717, 1.165) is 6.42 Å². The van der Waals surface area contributed by atoms with Crippen molar-refractivity contribution in [3.05, 3.63) is 58.1 Å². The number of aryl methyl sites for hydroxylation is 2. The summed E-state index contributed by atoms with van der Waals surface area (Å²) in [5.41, 5.74) is 15.4. The number of nitrogens with two attached hydrogens (primary N) is 1. The molecule has 0 aromatic heterocycles. The lowest BCUT2D eigenvalue weighted by Gasteiger charge is -2.16. The first-order valence-electron chi connectivity index (χ1n) is 7.39. The van der Waals surface area contributed by atoms with E-state index >= 15 is 0 Å². The zero-order valence-electron chi connectivity index (χ0n) is 13.2. The largest absolute Gasteiger partial charge is 0.324 e. The van der Waals surface area contributed by atoms with Crippen LogP contribution in [0.5, 0.6) is 0 Å². The van der Waals surface area contributed by atoms with Gasteiger partial charge in [-0.25, -0.2) is 0 Å². The summed E-state index contributed by atoms with van der Waals surface area (Å²) < 4.78 is 0. The molecule has 2 aromatic carbocycles. The normalized spacial score (nSPS) is 12.5. The van der Waals surface area contributed by atoms with E-state index in [1.54, 1.807) is 0 Å². The van der Waals surface area contributed by atoms with Crippen molar-refractivity contribution in [1.82, 2.24) is 0 Å². The van der Waals surface area contributed by atoms with Gasteiger partial charge in [0.15, 0.2) is 0 Å². The Kier molecular flexibility index (Phi) is 4.29. The van der Waals surface area contributed by atoms with Gasteiger partial charge >= 0.3 is 0 Å². The van der Waals surface area contributed by atoms with Crippen molar-refractivity contribution < 1.29 is 0 Å². The van der Waals surface area contributed by atoms with Gasteiger partial charge in [-0.05, 0) is 73.1 Å². The molecule has 0 radical (unpaired) electrons. The third-order valence-electron chi connectivity index (χ3n) is 4.43. The van der Waals surface area contributed by atoms with Crippen molar-refractivity contribution in [3.63, 3.8) is 0 Å². The Morgan fingerprint density at radius 3 is 1.85 bits per heavy atom. The van der Waals surface area contributed by atoms with Gasteiger partial charge in [0, 0.05) is 6.04 Å². The molecule has 0 amide bonds. The van der Waals surface area contributed by atoms with Crippen molar-refractivity contribution in [2.24, 2.45) is 5.73 Å². The SMILES string of the molecule is CCC(N)c1ccc(-c2c(C)c(C)cc(C)c2C)cc1. The van der Waals surface area contributed by atoms with Crippen LogP contribution < -0.4 is 5.73 Å². The van der Waals surface area contributed by atoms with Gasteiger partial charge in [-0.15, -0.1) is 0 Å². The molecule has 1 nitrogen and oxygen atoms in total. The van der Waals surface area contributed by atoms with Crippen LogP contribution in [0.3, 0.4) is 0 Å². The van der Waals surface area contributed by atoms with Crippen molar-refractivity contribution in [2.45, 2.75) is 47.1 Å². The van der Waals surface area contributed by atoms with Crippen LogP contribution in [0, 0.1) is 27.7 Å². The van der Waals surface area contributed by atoms with E-state index in [1.807, 2.05) is 0 Å². The molecular weight excluding hydrogens is 242 g/mol. The summed E-state index contributed by atoms with van der Waals surface area (Å²) in [4.78, 5) is 0. The second-order valence-electron chi connectivity index (χ2n) is 5.77. The molecule has 0 aliphatic rings. The predicted octanol–water partition coefficient (Wildman–Crippen LogP) is 5.00. The lowest BCUT2D eigenvalue weighted by Crippen LogP contribution is -2.08. The second-order valence-corrected chi connectivity index (χ2v) is 5.77. The molecule has 1 atom stereocenters. The van der Waals surface area contributed by atoms with Crippen molar-refractivity contribution >= 4 is 0 Å². The molecular formula is C19H25N. The smallest absolute Gasteiger partial charge is 0.0292 e.